The first-order valence-corrected chi connectivity index (χ1v) is 12.1. The number of rotatable bonds is 6. The van der Waals surface area contributed by atoms with Crippen molar-refractivity contribution in [3.63, 3.8) is 0 Å². The Bertz CT molecular complexity index is 1110. The highest BCUT2D eigenvalue weighted by Crippen LogP contribution is 2.30. The van der Waals surface area contributed by atoms with Crippen LogP contribution in [0.1, 0.15) is 42.6 Å². The number of allylic oxidation sites excluding steroid dienone is 1. The number of aromatic hydroxyl groups is 1. The van der Waals surface area contributed by atoms with Crippen molar-refractivity contribution in [3.8, 4) is 5.75 Å². The van der Waals surface area contributed by atoms with Crippen LogP contribution in [0.5, 0.6) is 5.75 Å². The fraction of sp³-hybridized carbons (Fsp3) is 0.375. The molecule has 3 rings (SSSR count). The van der Waals surface area contributed by atoms with E-state index in [9.17, 15) is 18.9 Å². The summed E-state index contributed by atoms with van der Waals surface area (Å²) in [6.45, 7) is 7.97. The van der Waals surface area contributed by atoms with Gasteiger partial charge in [-0.3, -0.25) is 9.59 Å². The van der Waals surface area contributed by atoms with Gasteiger partial charge < -0.3 is 30.0 Å². The third-order valence-electron chi connectivity index (χ3n) is 4.40. The monoisotopic (exact) mass is 505 g/mol. The molecule has 0 bridgehead atoms. The van der Waals surface area contributed by atoms with Gasteiger partial charge in [0.05, 0.1) is 28.4 Å². The lowest BCUT2D eigenvalue weighted by molar-refractivity contribution is -0.115. The number of benzene rings is 1. The van der Waals surface area contributed by atoms with Gasteiger partial charge >= 0.3 is 0 Å². The zero-order chi connectivity index (χ0) is 26.7. The Hall–Kier alpha value is -3.60. The maximum absolute atomic E-state index is 12.2. The first-order valence-electron chi connectivity index (χ1n) is 11.0. The number of nitrogens with zero attached hydrogens (tertiary/aromatic N) is 3. The van der Waals surface area contributed by atoms with Crippen LogP contribution >= 0.6 is 0 Å². The Morgan fingerprint density at radius 2 is 1.77 bits per heavy atom. The first-order chi connectivity index (χ1) is 16.5. The van der Waals surface area contributed by atoms with Crippen LogP contribution in [-0.2, 0) is 22.3 Å². The quantitative estimate of drug-likeness (QED) is 0.406. The molecule has 192 valence electrons. The summed E-state index contributed by atoms with van der Waals surface area (Å²) in [5, 5.41) is 16.7. The molecule has 1 atom stereocenters. The average molecular weight is 506 g/mol. The maximum Gasteiger partial charge on any atom is 0.257 e. The lowest BCUT2D eigenvalue weighted by Gasteiger charge is -2.16. The van der Waals surface area contributed by atoms with Gasteiger partial charge in [-0.25, -0.2) is 4.21 Å². The van der Waals surface area contributed by atoms with Gasteiger partial charge in [0.15, 0.2) is 22.6 Å². The highest BCUT2D eigenvalue weighted by Gasteiger charge is 2.25. The molecule has 1 aromatic carbocycles. The standard InChI is InChI=1S/C19H22N4O4S.C3H7NO.C2H6/c1-11-8-9-13(27-11)10-20-16-12(2)28(26)22-18(16)21-15-7-5-6-14(17(15)24)19(25)23(3)4;1-4(2)3-5;1-2/h5-9,20,24H,10H2,1-4H3,(H,21,22);3H,1-2H3;1-2H3. The number of para-hydroxylation sites is 1. The maximum atomic E-state index is 12.2. The molecule has 0 spiro atoms. The number of hydrogen-bond donors (Lipinski definition) is 3. The summed E-state index contributed by atoms with van der Waals surface area (Å²) in [4.78, 5) is 25.0. The van der Waals surface area contributed by atoms with E-state index in [-0.39, 0.29) is 17.2 Å². The van der Waals surface area contributed by atoms with Gasteiger partial charge in [-0.15, -0.1) is 0 Å². The Labute approximate surface area is 209 Å². The highest BCUT2D eigenvalue weighted by atomic mass is 32.2. The Balaban J connectivity index is 0.000000779. The van der Waals surface area contributed by atoms with E-state index in [0.717, 1.165) is 17.9 Å². The molecule has 0 fully saturated rings. The third kappa shape index (κ3) is 8.29. The van der Waals surface area contributed by atoms with Crippen LogP contribution in [0.3, 0.4) is 0 Å². The SMILES string of the molecule is CC.CC1=C(NCc2ccc(C)o2)C(Nc2cccc(C(=O)N(C)C)c2O)=NS1=O.CN(C)C=O. The molecule has 1 aliphatic rings. The van der Waals surface area contributed by atoms with Crippen LogP contribution in [0, 0.1) is 6.92 Å². The molecule has 1 unspecified atom stereocenters. The van der Waals surface area contributed by atoms with E-state index in [4.69, 9.17) is 4.42 Å². The molecule has 1 aromatic heterocycles. The van der Waals surface area contributed by atoms with E-state index in [1.165, 1.54) is 15.9 Å². The summed E-state index contributed by atoms with van der Waals surface area (Å²) < 4.78 is 21.8. The van der Waals surface area contributed by atoms with Crippen molar-refractivity contribution in [3.05, 3.63) is 58.0 Å². The molecular formula is C24H35N5O5S. The Morgan fingerprint density at radius 3 is 2.29 bits per heavy atom. The summed E-state index contributed by atoms with van der Waals surface area (Å²) in [6, 6.07) is 8.53. The second kappa shape index (κ2) is 14.0. The van der Waals surface area contributed by atoms with Crippen LogP contribution < -0.4 is 10.6 Å². The highest BCUT2D eigenvalue weighted by molar-refractivity contribution is 7.88. The van der Waals surface area contributed by atoms with Crippen molar-refractivity contribution in [1.29, 1.82) is 0 Å². The van der Waals surface area contributed by atoms with Crippen molar-refractivity contribution < 1.29 is 23.3 Å². The second-order valence-electron chi connectivity index (χ2n) is 7.58. The number of anilines is 1. The minimum absolute atomic E-state index is 0.163. The second-order valence-corrected chi connectivity index (χ2v) is 8.87. The average Bonchev–Trinajstić information content (AvgIpc) is 3.37. The van der Waals surface area contributed by atoms with E-state index in [0.29, 0.717) is 28.7 Å². The number of amides is 2. The van der Waals surface area contributed by atoms with Gasteiger partial charge in [0.1, 0.15) is 11.5 Å². The fourth-order valence-corrected chi connectivity index (χ4v) is 3.47. The number of phenols is 1. The molecular weight excluding hydrogens is 470 g/mol. The van der Waals surface area contributed by atoms with Crippen molar-refractivity contribution in [2.24, 2.45) is 4.40 Å². The Kier molecular flexibility index (Phi) is 11.7. The van der Waals surface area contributed by atoms with E-state index >= 15 is 0 Å². The molecule has 2 aromatic rings. The number of aryl methyl sites for hydroxylation is 1. The zero-order valence-electron chi connectivity index (χ0n) is 21.5. The van der Waals surface area contributed by atoms with Crippen LogP contribution in [0.15, 0.2) is 49.7 Å². The van der Waals surface area contributed by atoms with Gasteiger partial charge in [0, 0.05) is 28.2 Å². The minimum atomic E-state index is -1.53. The molecule has 11 heteroatoms. The lowest BCUT2D eigenvalue weighted by atomic mass is 10.1. The summed E-state index contributed by atoms with van der Waals surface area (Å²) >= 11 is 0. The van der Waals surface area contributed by atoms with E-state index in [1.54, 1.807) is 47.2 Å². The topological polar surface area (TPSA) is 127 Å². The summed E-state index contributed by atoms with van der Waals surface area (Å²) in [5.74, 6) is 1.34. The summed E-state index contributed by atoms with van der Waals surface area (Å²) in [6.07, 6.45) is 0.750. The number of carbonyl (C=O) groups is 2. The predicted octanol–water partition coefficient (Wildman–Crippen LogP) is 3.24. The minimum Gasteiger partial charge on any atom is -0.505 e. The largest absolute Gasteiger partial charge is 0.505 e. The number of phenolic OH excluding ortho intramolecular Hbond substituents is 1. The smallest absolute Gasteiger partial charge is 0.257 e. The van der Waals surface area contributed by atoms with Crippen LogP contribution in [0.25, 0.3) is 0 Å². The molecule has 10 nitrogen and oxygen atoms in total. The van der Waals surface area contributed by atoms with E-state index in [2.05, 4.69) is 15.0 Å². The van der Waals surface area contributed by atoms with E-state index < -0.39 is 11.0 Å². The Morgan fingerprint density at radius 1 is 1.14 bits per heavy atom. The lowest BCUT2D eigenvalue weighted by Crippen LogP contribution is -2.25. The van der Waals surface area contributed by atoms with Gasteiger partial charge in [-0.1, -0.05) is 19.9 Å². The van der Waals surface area contributed by atoms with Crippen molar-refractivity contribution in [2.45, 2.75) is 34.2 Å². The van der Waals surface area contributed by atoms with E-state index in [1.807, 2.05) is 32.9 Å². The fourth-order valence-electron chi connectivity index (χ4n) is 2.69. The predicted molar refractivity (Wildman–Crippen MR) is 139 cm³/mol. The number of furan rings is 1. The molecule has 2 amide bonds. The number of nitrogens with one attached hydrogen (secondary N) is 2. The van der Waals surface area contributed by atoms with Crippen LogP contribution in [0.2, 0.25) is 0 Å². The van der Waals surface area contributed by atoms with Crippen molar-refractivity contribution in [1.82, 2.24) is 15.1 Å². The molecule has 0 saturated carbocycles. The first kappa shape index (κ1) is 29.4. The normalized spacial score (nSPS) is 14.1. The molecule has 35 heavy (non-hydrogen) atoms. The molecule has 0 radical (unpaired) electrons. The number of carbonyl (C=O) groups excluding carboxylic acids is 2. The van der Waals surface area contributed by atoms with Crippen LogP contribution in [0.4, 0.5) is 5.69 Å². The molecule has 0 saturated heterocycles. The number of amidine groups is 1. The van der Waals surface area contributed by atoms with Gasteiger partial charge in [-0.2, -0.15) is 4.40 Å². The van der Waals surface area contributed by atoms with Gasteiger partial charge in [0.2, 0.25) is 6.41 Å². The van der Waals surface area contributed by atoms with Gasteiger partial charge in [-0.05, 0) is 38.1 Å². The molecule has 0 aliphatic carbocycles. The molecule has 2 heterocycles. The molecule has 1 aliphatic heterocycles. The summed E-state index contributed by atoms with van der Waals surface area (Å²) in [5.41, 5.74) is 1.03. The third-order valence-corrected chi connectivity index (χ3v) is 5.47. The number of hydrogen-bond acceptors (Lipinski definition) is 7. The molecule has 3 N–H and O–H groups in total. The summed E-state index contributed by atoms with van der Waals surface area (Å²) in [7, 11) is 5.06. The van der Waals surface area contributed by atoms with Gasteiger partial charge in [0.25, 0.3) is 5.91 Å². The zero-order valence-corrected chi connectivity index (χ0v) is 22.3. The van der Waals surface area contributed by atoms with Crippen molar-refractivity contribution in [2.75, 3.05) is 33.5 Å². The van der Waals surface area contributed by atoms with Crippen molar-refractivity contribution >= 4 is 34.8 Å². The van der Waals surface area contributed by atoms with Crippen LogP contribution in [-0.4, -0.2) is 65.5 Å².